The van der Waals surface area contributed by atoms with Gasteiger partial charge in [-0.1, -0.05) is 27.7 Å². The Hall–Kier alpha value is -0.610. The SMILES string of the molecule is CC.CCNC=O.COCCCNCC(C)C. The van der Waals surface area contributed by atoms with E-state index in [9.17, 15) is 4.79 Å². The minimum atomic E-state index is 0.681. The van der Waals surface area contributed by atoms with Crippen LogP contribution in [0.25, 0.3) is 0 Å². The molecule has 0 bridgehead atoms. The summed E-state index contributed by atoms with van der Waals surface area (Å²) in [5.41, 5.74) is 0. The zero-order valence-corrected chi connectivity index (χ0v) is 12.5. The normalized spacial score (nSPS) is 8.65. The van der Waals surface area contributed by atoms with Crippen molar-refractivity contribution in [2.24, 2.45) is 5.92 Å². The van der Waals surface area contributed by atoms with E-state index in [1.807, 2.05) is 20.8 Å². The van der Waals surface area contributed by atoms with E-state index >= 15 is 0 Å². The monoisotopic (exact) mass is 248 g/mol. The molecule has 1 amide bonds. The molecule has 0 aromatic heterocycles. The highest BCUT2D eigenvalue weighted by Gasteiger charge is 1.91. The number of methoxy groups -OCH3 is 1. The first-order valence-electron chi connectivity index (χ1n) is 6.55. The van der Waals surface area contributed by atoms with Crippen LogP contribution in [-0.2, 0) is 9.53 Å². The topological polar surface area (TPSA) is 50.4 Å². The van der Waals surface area contributed by atoms with Crippen LogP contribution in [0.2, 0.25) is 0 Å². The van der Waals surface area contributed by atoms with E-state index in [2.05, 4.69) is 24.5 Å². The summed E-state index contributed by atoms with van der Waals surface area (Å²) < 4.78 is 4.91. The Morgan fingerprint density at radius 3 is 2.18 bits per heavy atom. The van der Waals surface area contributed by atoms with Gasteiger partial charge in [0.05, 0.1) is 0 Å². The zero-order chi connectivity index (χ0) is 13.9. The largest absolute Gasteiger partial charge is 0.385 e. The summed E-state index contributed by atoms with van der Waals surface area (Å²) in [6.07, 6.45) is 1.79. The van der Waals surface area contributed by atoms with Crippen molar-refractivity contribution in [3.63, 3.8) is 0 Å². The van der Waals surface area contributed by atoms with Gasteiger partial charge in [0.15, 0.2) is 0 Å². The summed E-state index contributed by atoms with van der Waals surface area (Å²) in [4.78, 5) is 9.29. The number of carbonyl (C=O) groups excluding carboxylic acids is 1. The molecule has 0 atom stereocenters. The van der Waals surface area contributed by atoms with Crippen LogP contribution in [-0.4, -0.2) is 39.8 Å². The second kappa shape index (κ2) is 24.6. The molecule has 0 saturated carbocycles. The fraction of sp³-hybridized carbons (Fsp3) is 0.923. The highest BCUT2D eigenvalue weighted by Crippen LogP contribution is 1.86. The van der Waals surface area contributed by atoms with Crippen LogP contribution in [0.3, 0.4) is 0 Å². The van der Waals surface area contributed by atoms with Gasteiger partial charge in [0.1, 0.15) is 0 Å². The van der Waals surface area contributed by atoms with Crippen molar-refractivity contribution in [1.29, 1.82) is 0 Å². The molecule has 0 spiro atoms. The summed E-state index contributed by atoms with van der Waals surface area (Å²) in [7, 11) is 1.74. The number of hydrogen-bond acceptors (Lipinski definition) is 3. The molecule has 0 saturated heterocycles. The minimum absolute atomic E-state index is 0.681. The van der Waals surface area contributed by atoms with E-state index in [-0.39, 0.29) is 0 Å². The summed E-state index contributed by atoms with van der Waals surface area (Å²) in [5.74, 6) is 0.752. The van der Waals surface area contributed by atoms with Crippen molar-refractivity contribution in [1.82, 2.24) is 10.6 Å². The Morgan fingerprint density at radius 2 is 1.88 bits per heavy atom. The number of nitrogens with one attached hydrogen (secondary N) is 2. The summed E-state index contributed by atoms with van der Waals surface area (Å²) in [6.45, 7) is 14.1. The molecular formula is C13H32N2O2. The maximum absolute atomic E-state index is 9.29. The van der Waals surface area contributed by atoms with E-state index < -0.39 is 0 Å². The third kappa shape index (κ3) is 39.2. The molecule has 4 heteroatoms. The van der Waals surface area contributed by atoms with E-state index in [1.165, 1.54) is 0 Å². The van der Waals surface area contributed by atoms with Gasteiger partial charge in [0.25, 0.3) is 0 Å². The zero-order valence-electron chi connectivity index (χ0n) is 12.5. The average Bonchev–Trinajstić information content (AvgIpc) is 2.33. The second-order valence-electron chi connectivity index (χ2n) is 3.62. The Bertz CT molecular complexity index is 120. The van der Waals surface area contributed by atoms with Crippen LogP contribution < -0.4 is 10.6 Å². The van der Waals surface area contributed by atoms with Gasteiger partial charge in [0, 0.05) is 20.3 Å². The van der Waals surface area contributed by atoms with E-state index in [1.54, 1.807) is 7.11 Å². The lowest BCUT2D eigenvalue weighted by atomic mass is 10.2. The van der Waals surface area contributed by atoms with Gasteiger partial charge < -0.3 is 15.4 Å². The maximum Gasteiger partial charge on any atom is 0.207 e. The lowest BCUT2D eigenvalue weighted by molar-refractivity contribution is -0.109. The Morgan fingerprint density at radius 1 is 1.29 bits per heavy atom. The van der Waals surface area contributed by atoms with Crippen molar-refractivity contribution in [2.75, 3.05) is 33.4 Å². The van der Waals surface area contributed by atoms with Crippen LogP contribution in [0.4, 0.5) is 0 Å². The van der Waals surface area contributed by atoms with Gasteiger partial charge in [0.2, 0.25) is 6.41 Å². The van der Waals surface area contributed by atoms with Gasteiger partial charge >= 0.3 is 0 Å². The molecule has 0 aliphatic rings. The van der Waals surface area contributed by atoms with Crippen LogP contribution in [0.1, 0.15) is 41.0 Å². The molecule has 0 unspecified atom stereocenters. The maximum atomic E-state index is 9.29. The summed E-state index contributed by atoms with van der Waals surface area (Å²) in [5, 5.41) is 5.77. The Labute approximate surface area is 108 Å². The predicted molar refractivity (Wildman–Crippen MR) is 75.3 cm³/mol. The smallest absolute Gasteiger partial charge is 0.207 e. The molecule has 2 N–H and O–H groups in total. The van der Waals surface area contributed by atoms with Crippen LogP contribution in [0.15, 0.2) is 0 Å². The fourth-order valence-electron chi connectivity index (χ4n) is 0.816. The third-order valence-corrected chi connectivity index (χ3v) is 1.54. The molecule has 0 radical (unpaired) electrons. The molecule has 0 aromatic carbocycles. The van der Waals surface area contributed by atoms with Gasteiger partial charge in [-0.3, -0.25) is 4.79 Å². The molecule has 106 valence electrons. The third-order valence-electron chi connectivity index (χ3n) is 1.54. The van der Waals surface area contributed by atoms with Crippen LogP contribution in [0.5, 0.6) is 0 Å². The molecular weight excluding hydrogens is 216 g/mol. The molecule has 17 heavy (non-hydrogen) atoms. The number of rotatable bonds is 8. The van der Waals surface area contributed by atoms with Crippen molar-refractivity contribution < 1.29 is 9.53 Å². The van der Waals surface area contributed by atoms with Crippen molar-refractivity contribution in [2.45, 2.75) is 41.0 Å². The lowest BCUT2D eigenvalue weighted by Crippen LogP contribution is -2.21. The van der Waals surface area contributed by atoms with Gasteiger partial charge in [-0.05, 0) is 32.4 Å². The predicted octanol–water partition coefficient (Wildman–Crippen LogP) is 2.05. The Kier molecular flexibility index (Phi) is 31.3. The van der Waals surface area contributed by atoms with Crippen molar-refractivity contribution in [3.05, 3.63) is 0 Å². The molecule has 0 aliphatic carbocycles. The van der Waals surface area contributed by atoms with Crippen LogP contribution in [0, 0.1) is 5.92 Å². The fourth-order valence-corrected chi connectivity index (χ4v) is 0.816. The van der Waals surface area contributed by atoms with Crippen LogP contribution >= 0.6 is 0 Å². The van der Waals surface area contributed by atoms with E-state index in [4.69, 9.17) is 4.74 Å². The molecule has 4 nitrogen and oxygen atoms in total. The highest BCUT2D eigenvalue weighted by molar-refractivity contribution is 5.45. The van der Waals surface area contributed by atoms with Crippen molar-refractivity contribution in [3.8, 4) is 0 Å². The standard InChI is InChI=1S/C8H19NO.C3H7NO.C2H6/c1-8(2)7-9-5-4-6-10-3;1-2-4-3-5;1-2/h8-9H,4-7H2,1-3H3;3H,2H2,1H3,(H,4,5);1-2H3. The van der Waals surface area contributed by atoms with Gasteiger partial charge in [-0.15, -0.1) is 0 Å². The van der Waals surface area contributed by atoms with E-state index in [0.29, 0.717) is 6.41 Å². The molecule has 0 aliphatic heterocycles. The van der Waals surface area contributed by atoms with Gasteiger partial charge in [-0.25, -0.2) is 0 Å². The first kappa shape index (κ1) is 21.7. The quantitative estimate of drug-likeness (QED) is 0.510. The molecule has 0 heterocycles. The highest BCUT2D eigenvalue weighted by atomic mass is 16.5. The number of amides is 1. The summed E-state index contributed by atoms with van der Waals surface area (Å²) >= 11 is 0. The second-order valence-corrected chi connectivity index (χ2v) is 3.62. The Balaban J connectivity index is -0.000000236. The molecule has 0 fully saturated rings. The van der Waals surface area contributed by atoms with E-state index in [0.717, 1.165) is 38.6 Å². The van der Waals surface area contributed by atoms with Gasteiger partial charge in [-0.2, -0.15) is 0 Å². The number of ether oxygens (including phenoxy) is 1. The summed E-state index contributed by atoms with van der Waals surface area (Å²) in [6, 6.07) is 0. The first-order chi connectivity index (χ1) is 8.18. The minimum Gasteiger partial charge on any atom is -0.385 e. The molecule has 0 aromatic rings. The number of carbonyl (C=O) groups is 1. The lowest BCUT2D eigenvalue weighted by Gasteiger charge is -2.05. The van der Waals surface area contributed by atoms with Crippen molar-refractivity contribution >= 4 is 6.41 Å². The first-order valence-corrected chi connectivity index (χ1v) is 6.55. The average molecular weight is 248 g/mol. The molecule has 0 rings (SSSR count). The number of hydrogen-bond donors (Lipinski definition) is 2.